The molecule has 0 amide bonds. The van der Waals surface area contributed by atoms with Crippen LogP contribution >= 0.6 is 15.9 Å². The van der Waals surface area contributed by atoms with E-state index in [0.717, 1.165) is 34.9 Å². The van der Waals surface area contributed by atoms with Gasteiger partial charge in [-0.25, -0.2) is 4.98 Å². The van der Waals surface area contributed by atoms with Crippen molar-refractivity contribution in [1.29, 1.82) is 0 Å². The van der Waals surface area contributed by atoms with Gasteiger partial charge >= 0.3 is 22.7 Å². The molecule has 0 aliphatic heterocycles. The minimum atomic E-state index is -5.78. The number of rotatable bonds is 5. The van der Waals surface area contributed by atoms with Crippen LogP contribution in [0.25, 0.3) is 0 Å². The zero-order valence-electron chi connectivity index (χ0n) is 38.3. The number of nitrogens with zero attached hydrogens (tertiary/aromatic N) is 5. The molecule has 0 saturated carbocycles. The van der Waals surface area contributed by atoms with Gasteiger partial charge in [0.25, 0.3) is 0 Å². The van der Waals surface area contributed by atoms with Crippen molar-refractivity contribution in [3.8, 4) is 23.0 Å². The molecular formula is C36H52BBrF3N5O8S. The number of hydrogen-bond donors (Lipinski definition) is 3. The first-order chi connectivity index (χ1) is 28.7. The van der Waals surface area contributed by atoms with Crippen molar-refractivity contribution in [3.05, 3.63) is 119 Å². The smallest absolute Gasteiger partial charge is 0.506 e. The number of aromatic nitrogens is 5. The molecule has 0 fully saturated rings. The Balaban J connectivity index is -0.000000371. The Labute approximate surface area is 348 Å². The minimum Gasteiger partial charge on any atom is -0.506 e. The first kappa shape index (κ1) is 35.8. The highest BCUT2D eigenvalue weighted by atomic mass is 79.9. The van der Waals surface area contributed by atoms with E-state index in [0.29, 0.717) is 11.9 Å². The Bertz CT molecular complexity index is 2230. The van der Waals surface area contributed by atoms with E-state index < -0.39 is 55.9 Å². The van der Waals surface area contributed by atoms with E-state index in [2.05, 4.69) is 45.0 Å². The predicted molar refractivity (Wildman–Crippen MR) is 215 cm³/mol. The summed E-state index contributed by atoms with van der Waals surface area (Å²) in [4.78, 5) is 18.1. The van der Waals surface area contributed by atoms with E-state index in [1.807, 2.05) is 12.1 Å². The van der Waals surface area contributed by atoms with Gasteiger partial charge in [-0.1, -0.05) is 35.8 Å². The van der Waals surface area contributed by atoms with Crippen LogP contribution in [0.2, 0.25) is 0 Å². The van der Waals surface area contributed by atoms with E-state index in [4.69, 9.17) is 41.1 Å². The zero-order valence-corrected chi connectivity index (χ0v) is 28.7. The minimum absolute atomic E-state index is 0. The Kier molecular flexibility index (Phi) is 18.6. The summed E-state index contributed by atoms with van der Waals surface area (Å²) in [5.41, 5.74) is -5.75. The van der Waals surface area contributed by atoms with Crippen LogP contribution in [0, 0.1) is 27.4 Å². The molecule has 5 aromatic rings. The molecule has 13 nitrogen and oxygen atoms in total. The van der Waals surface area contributed by atoms with Crippen LogP contribution in [0.1, 0.15) is 68.9 Å². The Morgan fingerprint density at radius 2 is 1.04 bits per heavy atom. The van der Waals surface area contributed by atoms with Crippen molar-refractivity contribution in [2.75, 3.05) is 14.2 Å². The van der Waals surface area contributed by atoms with Gasteiger partial charge in [0.15, 0.2) is 5.75 Å². The predicted octanol–water partition coefficient (Wildman–Crippen LogP) is 7.58. The molecule has 0 spiro atoms. The molecule has 0 radical (unpaired) electrons. The molecule has 3 N–H and O–H groups in total. The average molecular weight is 875 g/mol. The molecule has 306 valence electrons. The molecule has 0 aliphatic rings. The van der Waals surface area contributed by atoms with Crippen molar-refractivity contribution < 1.29 is 66.8 Å². The van der Waals surface area contributed by atoms with Crippen LogP contribution in [0.3, 0.4) is 0 Å². The number of aryl methyl sites for hydroxylation is 4. The summed E-state index contributed by atoms with van der Waals surface area (Å²) in [6, 6.07) is 13.5. The molecule has 0 unspecified atom stereocenters. The van der Waals surface area contributed by atoms with Gasteiger partial charge in [0.2, 0.25) is 0 Å². The molecule has 5 aromatic heterocycles. The normalized spacial score (nSPS) is 13.6. The summed E-state index contributed by atoms with van der Waals surface area (Å²) in [6.45, 7) is -9.11. The van der Waals surface area contributed by atoms with Crippen LogP contribution in [-0.2, 0) is 10.1 Å². The average Bonchev–Trinajstić information content (AvgIpc) is 3.18. The molecular weight excluding hydrogens is 810 g/mol. The quantitative estimate of drug-likeness (QED) is 0.0680. The highest BCUT2D eigenvalue weighted by molar-refractivity contribution is 9.10. The molecule has 55 heavy (non-hydrogen) atoms. The van der Waals surface area contributed by atoms with E-state index in [1.54, 1.807) is 19.4 Å². The number of halogens is 4. The summed E-state index contributed by atoms with van der Waals surface area (Å²) in [6.07, 6.45) is 5.88. The van der Waals surface area contributed by atoms with Crippen LogP contribution in [0.15, 0.2) is 96.3 Å². The van der Waals surface area contributed by atoms with Gasteiger partial charge in [0.1, 0.15) is 21.9 Å². The van der Waals surface area contributed by atoms with Gasteiger partial charge in [-0.3, -0.25) is 19.9 Å². The van der Waals surface area contributed by atoms with Crippen molar-refractivity contribution in [3.63, 3.8) is 0 Å². The van der Waals surface area contributed by atoms with E-state index in [1.165, 1.54) is 43.6 Å². The van der Waals surface area contributed by atoms with Crippen LogP contribution < -0.4 is 19.1 Å². The second-order valence-electron chi connectivity index (χ2n) is 8.72. The summed E-state index contributed by atoms with van der Waals surface area (Å²) in [7, 11) is -4.27. The monoisotopic (exact) mass is 873 g/mol. The Hall–Kier alpha value is -4.85. The van der Waals surface area contributed by atoms with Gasteiger partial charge < -0.3 is 28.8 Å². The number of hydrogen-bond acceptors (Lipinski definition) is 13. The van der Waals surface area contributed by atoms with Gasteiger partial charge in [-0.2, -0.15) is 21.6 Å². The molecule has 0 aromatic carbocycles. The lowest BCUT2D eigenvalue weighted by molar-refractivity contribution is -0.0500. The zero-order chi connectivity index (χ0) is 48.6. The second kappa shape index (κ2) is 28.6. The fourth-order valence-electron chi connectivity index (χ4n) is 2.53. The third kappa shape index (κ3) is 24.2. The van der Waals surface area contributed by atoms with Crippen LogP contribution in [0.5, 0.6) is 23.0 Å². The summed E-state index contributed by atoms with van der Waals surface area (Å²) < 4.78 is 155. The Morgan fingerprint density at radius 1 is 0.636 bits per heavy atom. The van der Waals surface area contributed by atoms with Crippen molar-refractivity contribution in [2.24, 2.45) is 0 Å². The summed E-state index contributed by atoms with van der Waals surface area (Å²) >= 11 is 3.21. The fraction of sp³-hybridized carbons (Fsp3) is 0.306. The van der Waals surface area contributed by atoms with Gasteiger partial charge in [0, 0.05) is 50.9 Å². The lowest BCUT2D eigenvalue weighted by Crippen LogP contribution is -2.29. The van der Waals surface area contributed by atoms with Crippen LogP contribution in [0.4, 0.5) is 13.2 Å². The molecule has 0 aliphatic carbocycles. The first-order valence-corrected chi connectivity index (χ1v) is 15.5. The fourth-order valence-corrected chi connectivity index (χ4v) is 3.21. The number of aromatic hydroxyl groups is 1. The third-order valence-electron chi connectivity index (χ3n) is 4.97. The van der Waals surface area contributed by atoms with Crippen molar-refractivity contribution in [2.45, 2.75) is 62.6 Å². The Morgan fingerprint density at radius 3 is 1.35 bits per heavy atom. The van der Waals surface area contributed by atoms with Gasteiger partial charge in [-0.05, 0) is 97.9 Å². The highest BCUT2D eigenvalue weighted by Gasteiger charge is 2.48. The standard InChI is InChI=1S/C7H6F3NO3S.C7H9NO.C6H8BNO2.C6H6BrNO.C6H7NO.4CH4/c1-5-2-3-6(4-11-5)14-15(12,13)7(8,9)10;1-6-3-4-7(9-2)5-8-6;1-5-2-3-6(4-8-5)7(9)10;1-9-5-2-3-6(7)8-4-5;1-5-2-3-6(8)4-7-5;;;;/h2-4H,1H3;3-5H,1-2H3;2-4,9-10H,1H3;2-4H,1H3;2-4,8H,1H3;4*1H4/i3*1D3;;1D3;;;;. The first-order valence-electron chi connectivity index (χ1n) is 19.3. The lowest BCUT2D eigenvalue weighted by atomic mass is 9.82. The second-order valence-corrected chi connectivity index (χ2v) is 11.1. The number of methoxy groups -OCH3 is 2. The van der Waals surface area contributed by atoms with E-state index in [9.17, 15) is 21.6 Å². The maximum Gasteiger partial charge on any atom is 0.534 e. The van der Waals surface area contributed by atoms with Crippen molar-refractivity contribution >= 4 is 38.6 Å². The topological polar surface area (TPSA) is 187 Å². The number of pyridine rings is 5. The maximum absolute atomic E-state index is 12.0. The third-order valence-corrected chi connectivity index (χ3v) is 6.41. The largest absolute Gasteiger partial charge is 0.534 e. The molecule has 0 saturated heterocycles. The number of ether oxygens (including phenoxy) is 2. The maximum atomic E-state index is 12.0. The van der Waals surface area contributed by atoms with Crippen molar-refractivity contribution in [1.82, 2.24) is 24.9 Å². The lowest BCUT2D eigenvalue weighted by Gasteiger charge is -2.08. The molecule has 19 heteroatoms. The molecule has 0 bridgehead atoms. The van der Waals surface area contributed by atoms with E-state index >= 15 is 0 Å². The SMILES string of the molecule is C.C.C.C.COc1ccc(Br)nc1.[2H]C([2H])([2H])c1ccc(B(O)O)cn1.[2H]C([2H])([2H])c1ccc(O)cn1.[2H]C([2H])([2H])c1ccc(OC)cn1.[2H]C([2H])([2H])c1ccc(OS(=O)(=O)C(F)(F)F)cn1. The number of alkyl halides is 3. The van der Waals surface area contributed by atoms with Crippen LogP contribution in [-0.4, -0.2) is 75.3 Å². The summed E-state index contributed by atoms with van der Waals surface area (Å²) in [5, 5.41) is 26.2. The summed E-state index contributed by atoms with van der Waals surface area (Å²) in [5.74, 6) is 0.583. The highest BCUT2D eigenvalue weighted by Crippen LogP contribution is 2.26. The van der Waals surface area contributed by atoms with E-state index in [-0.39, 0.29) is 63.7 Å². The van der Waals surface area contributed by atoms with Gasteiger partial charge in [0.05, 0.1) is 39.0 Å². The molecule has 5 heterocycles. The molecule has 0 atom stereocenters. The molecule has 5 rings (SSSR count). The van der Waals surface area contributed by atoms with Gasteiger partial charge in [-0.15, -0.1) is 0 Å².